The summed E-state index contributed by atoms with van der Waals surface area (Å²) >= 11 is 5.80. The van der Waals surface area contributed by atoms with E-state index in [1.165, 1.54) is 0 Å². The lowest BCUT2D eigenvalue weighted by Gasteiger charge is -2.23. The third-order valence-electron chi connectivity index (χ3n) is 3.42. The van der Waals surface area contributed by atoms with Gasteiger partial charge in [0.05, 0.1) is 6.61 Å². The molecule has 0 radical (unpaired) electrons. The van der Waals surface area contributed by atoms with Crippen LogP contribution in [0.3, 0.4) is 0 Å². The monoisotopic (exact) mass is 282 g/mol. The molecular formula is C15H19ClO3. The van der Waals surface area contributed by atoms with E-state index in [1.807, 2.05) is 0 Å². The summed E-state index contributed by atoms with van der Waals surface area (Å²) in [4.78, 5) is 12.1. The maximum absolute atomic E-state index is 12.1. The van der Waals surface area contributed by atoms with E-state index in [0.29, 0.717) is 23.1 Å². The first-order valence-corrected chi connectivity index (χ1v) is 7.03. The predicted octanol–water partition coefficient (Wildman–Crippen LogP) is 3.35. The van der Waals surface area contributed by atoms with Gasteiger partial charge in [0.1, 0.15) is 6.10 Å². The van der Waals surface area contributed by atoms with Gasteiger partial charge in [-0.15, -0.1) is 0 Å². The molecule has 0 spiro atoms. The topological polar surface area (TPSA) is 35.5 Å². The SMILES string of the molecule is CC(OCC1CCOCC1)C(=O)c1ccc(Cl)cc1. The molecule has 19 heavy (non-hydrogen) atoms. The van der Waals surface area contributed by atoms with Crippen LogP contribution in [0.25, 0.3) is 0 Å². The summed E-state index contributed by atoms with van der Waals surface area (Å²) < 4.78 is 11.0. The van der Waals surface area contributed by atoms with Crippen molar-refractivity contribution in [2.24, 2.45) is 5.92 Å². The minimum absolute atomic E-state index is 0.00345. The first kappa shape index (κ1) is 14.5. The Bertz CT molecular complexity index is 410. The predicted molar refractivity (Wildman–Crippen MR) is 74.7 cm³/mol. The van der Waals surface area contributed by atoms with Crippen molar-refractivity contribution in [3.8, 4) is 0 Å². The van der Waals surface area contributed by atoms with Crippen LogP contribution in [0.5, 0.6) is 0 Å². The highest BCUT2D eigenvalue weighted by Crippen LogP contribution is 2.17. The number of ether oxygens (including phenoxy) is 2. The molecule has 3 nitrogen and oxygen atoms in total. The van der Waals surface area contributed by atoms with Gasteiger partial charge in [-0.25, -0.2) is 0 Å². The van der Waals surface area contributed by atoms with Gasteiger partial charge in [0.15, 0.2) is 5.78 Å². The van der Waals surface area contributed by atoms with E-state index in [1.54, 1.807) is 31.2 Å². The zero-order valence-corrected chi connectivity index (χ0v) is 11.9. The molecule has 4 heteroatoms. The Hall–Kier alpha value is -0.900. The fourth-order valence-corrected chi connectivity index (χ4v) is 2.24. The van der Waals surface area contributed by atoms with Crippen molar-refractivity contribution in [2.45, 2.75) is 25.9 Å². The fourth-order valence-electron chi connectivity index (χ4n) is 2.12. The van der Waals surface area contributed by atoms with E-state index in [4.69, 9.17) is 21.1 Å². The summed E-state index contributed by atoms with van der Waals surface area (Å²) in [5.74, 6) is 0.512. The Morgan fingerprint density at radius 1 is 1.37 bits per heavy atom. The number of benzene rings is 1. The summed E-state index contributed by atoms with van der Waals surface area (Å²) in [5.41, 5.74) is 0.642. The summed E-state index contributed by atoms with van der Waals surface area (Å²) in [6, 6.07) is 6.91. The molecule has 1 heterocycles. The highest BCUT2D eigenvalue weighted by atomic mass is 35.5. The number of ketones is 1. The first-order valence-electron chi connectivity index (χ1n) is 6.66. The number of Topliss-reactive ketones (excluding diaryl/α,β-unsaturated/α-hetero) is 1. The second-order valence-corrected chi connectivity index (χ2v) is 5.34. The van der Waals surface area contributed by atoms with Crippen molar-refractivity contribution >= 4 is 17.4 Å². The van der Waals surface area contributed by atoms with Crippen molar-refractivity contribution in [3.05, 3.63) is 34.9 Å². The summed E-state index contributed by atoms with van der Waals surface area (Å²) in [5, 5.41) is 0.632. The smallest absolute Gasteiger partial charge is 0.191 e. The second-order valence-electron chi connectivity index (χ2n) is 4.90. The number of carbonyl (C=O) groups excluding carboxylic acids is 1. The lowest BCUT2D eigenvalue weighted by molar-refractivity contribution is -0.000213. The Kier molecular flexibility index (Phi) is 5.37. The van der Waals surface area contributed by atoms with Crippen molar-refractivity contribution in [2.75, 3.05) is 19.8 Å². The molecule has 0 bridgehead atoms. The van der Waals surface area contributed by atoms with Gasteiger partial charge in [0, 0.05) is 23.8 Å². The zero-order chi connectivity index (χ0) is 13.7. The largest absolute Gasteiger partial charge is 0.381 e. The molecule has 0 aromatic heterocycles. The number of carbonyl (C=O) groups is 1. The molecule has 104 valence electrons. The molecule has 0 saturated carbocycles. The van der Waals surface area contributed by atoms with Gasteiger partial charge in [-0.2, -0.15) is 0 Å². The summed E-state index contributed by atoms with van der Waals surface area (Å²) in [7, 11) is 0. The van der Waals surface area contributed by atoms with Gasteiger partial charge < -0.3 is 9.47 Å². The highest BCUT2D eigenvalue weighted by Gasteiger charge is 2.19. The Labute approximate surface area is 118 Å². The van der Waals surface area contributed by atoms with Gasteiger partial charge in [0.25, 0.3) is 0 Å². The molecule has 1 aliphatic heterocycles. The van der Waals surface area contributed by atoms with Gasteiger partial charge in [0.2, 0.25) is 0 Å². The molecule has 0 N–H and O–H groups in total. The van der Waals surface area contributed by atoms with E-state index in [2.05, 4.69) is 0 Å². The van der Waals surface area contributed by atoms with Crippen molar-refractivity contribution in [3.63, 3.8) is 0 Å². The third-order valence-corrected chi connectivity index (χ3v) is 3.67. The van der Waals surface area contributed by atoms with E-state index in [-0.39, 0.29) is 5.78 Å². The minimum atomic E-state index is -0.413. The zero-order valence-electron chi connectivity index (χ0n) is 11.1. The molecule has 1 aromatic carbocycles. The van der Waals surface area contributed by atoms with Crippen molar-refractivity contribution in [1.29, 1.82) is 0 Å². The van der Waals surface area contributed by atoms with E-state index in [9.17, 15) is 4.79 Å². The Morgan fingerprint density at radius 3 is 2.63 bits per heavy atom. The van der Waals surface area contributed by atoms with Crippen molar-refractivity contribution in [1.82, 2.24) is 0 Å². The van der Waals surface area contributed by atoms with Gasteiger partial charge in [-0.3, -0.25) is 4.79 Å². The molecule has 1 atom stereocenters. The molecule has 1 aromatic rings. The minimum Gasteiger partial charge on any atom is -0.381 e. The number of hydrogen-bond donors (Lipinski definition) is 0. The molecule has 2 rings (SSSR count). The second kappa shape index (κ2) is 7.04. The van der Waals surface area contributed by atoms with Crippen LogP contribution in [0.4, 0.5) is 0 Å². The third kappa shape index (κ3) is 4.30. The molecule has 1 saturated heterocycles. The average molecular weight is 283 g/mol. The van der Waals surface area contributed by atoms with Crippen LogP contribution in [0.1, 0.15) is 30.1 Å². The van der Waals surface area contributed by atoms with Crippen LogP contribution in [-0.4, -0.2) is 31.7 Å². The lowest BCUT2D eigenvalue weighted by atomic mass is 10.0. The maximum atomic E-state index is 12.1. The number of halogens is 1. The van der Waals surface area contributed by atoms with Crippen LogP contribution in [0.15, 0.2) is 24.3 Å². The molecule has 1 aliphatic rings. The molecule has 0 amide bonds. The van der Waals surface area contributed by atoms with Crippen molar-refractivity contribution < 1.29 is 14.3 Å². The summed E-state index contributed by atoms with van der Waals surface area (Å²) in [6.45, 7) is 4.03. The molecular weight excluding hydrogens is 264 g/mol. The van der Waals surface area contributed by atoms with Crippen LogP contribution in [0.2, 0.25) is 5.02 Å². The lowest BCUT2D eigenvalue weighted by Crippen LogP contribution is -2.26. The van der Waals surface area contributed by atoms with E-state index in [0.717, 1.165) is 26.1 Å². The Balaban J connectivity index is 1.83. The Morgan fingerprint density at radius 2 is 2.00 bits per heavy atom. The number of hydrogen-bond acceptors (Lipinski definition) is 3. The normalized spacial score (nSPS) is 18.2. The first-order chi connectivity index (χ1) is 9.16. The molecule has 1 unspecified atom stereocenters. The highest BCUT2D eigenvalue weighted by molar-refractivity contribution is 6.30. The van der Waals surface area contributed by atoms with E-state index < -0.39 is 6.10 Å². The van der Waals surface area contributed by atoms with Gasteiger partial charge in [-0.05, 0) is 49.9 Å². The fraction of sp³-hybridized carbons (Fsp3) is 0.533. The maximum Gasteiger partial charge on any atom is 0.191 e. The van der Waals surface area contributed by atoms with E-state index >= 15 is 0 Å². The number of rotatable bonds is 5. The molecule has 1 fully saturated rings. The van der Waals surface area contributed by atoms with Crippen LogP contribution >= 0.6 is 11.6 Å². The average Bonchev–Trinajstić information content (AvgIpc) is 2.46. The van der Waals surface area contributed by atoms with Crippen LogP contribution in [-0.2, 0) is 9.47 Å². The van der Waals surface area contributed by atoms with Crippen LogP contribution in [0, 0.1) is 5.92 Å². The van der Waals surface area contributed by atoms with Crippen LogP contribution < -0.4 is 0 Å². The standard InChI is InChI=1S/C15H19ClO3/c1-11(19-10-12-6-8-18-9-7-12)15(17)13-2-4-14(16)5-3-13/h2-5,11-12H,6-10H2,1H3. The van der Waals surface area contributed by atoms with Gasteiger partial charge in [-0.1, -0.05) is 11.6 Å². The van der Waals surface area contributed by atoms with Gasteiger partial charge >= 0.3 is 0 Å². The quantitative estimate of drug-likeness (QED) is 0.777. The summed E-state index contributed by atoms with van der Waals surface area (Å²) in [6.07, 6.45) is 1.62. The molecule has 0 aliphatic carbocycles.